The average molecular weight is 256 g/mol. The second-order valence-corrected chi connectivity index (χ2v) is 5.40. The number of sulfonamides is 1. The Morgan fingerprint density at radius 1 is 1.35 bits per heavy atom. The molecule has 0 unspecified atom stereocenters. The fourth-order valence-corrected chi connectivity index (χ4v) is 2.43. The molecule has 1 amide bonds. The van der Waals surface area contributed by atoms with Crippen molar-refractivity contribution in [1.82, 2.24) is 10.0 Å². The first-order valence-corrected chi connectivity index (χ1v) is 6.71. The van der Waals surface area contributed by atoms with Gasteiger partial charge in [0, 0.05) is 20.0 Å². The maximum atomic E-state index is 11.8. The number of rotatable bonds is 5. The van der Waals surface area contributed by atoms with Crippen molar-refractivity contribution in [1.29, 1.82) is 0 Å². The van der Waals surface area contributed by atoms with Gasteiger partial charge in [0.25, 0.3) is 0 Å². The summed E-state index contributed by atoms with van der Waals surface area (Å²) in [6, 6.07) is 6.61. The fourth-order valence-electron chi connectivity index (χ4n) is 1.29. The van der Waals surface area contributed by atoms with E-state index in [9.17, 15) is 13.2 Å². The Hall–Kier alpha value is -1.40. The topological polar surface area (TPSA) is 75.3 Å². The molecule has 0 aliphatic rings. The maximum absolute atomic E-state index is 11.8. The number of hydrogen-bond donors (Lipinski definition) is 2. The highest BCUT2D eigenvalue weighted by molar-refractivity contribution is 7.89. The van der Waals surface area contributed by atoms with Crippen LogP contribution in [0.15, 0.2) is 29.2 Å². The molecule has 6 heteroatoms. The molecule has 94 valence electrons. The Labute approximate surface area is 101 Å². The number of nitrogens with one attached hydrogen (secondary N) is 2. The van der Waals surface area contributed by atoms with Crippen molar-refractivity contribution in [3.05, 3.63) is 29.8 Å². The molecule has 0 saturated heterocycles. The molecule has 17 heavy (non-hydrogen) atoms. The highest BCUT2D eigenvalue weighted by atomic mass is 32.2. The van der Waals surface area contributed by atoms with E-state index in [-0.39, 0.29) is 23.8 Å². The molecule has 0 fully saturated rings. The molecule has 0 radical (unpaired) electrons. The Morgan fingerprint density at radius 2 is 2.06 bits per heavy atom. The first-order valence-electron chi connectivity index (χ1n) is 5.22. The van der Waals surface area contributed by atoms with Gasteiger partial charge in [-0.15, -0.1) is 0 Å². The predicted molar refractivity (Wildman–Crippen MR) is 65.1 cm³/mol. The van der Waals surface area contributed by atoms with E-state index in [1.165, 1.54) is 13.1 Å². The van der Waals surface area contributed by atoms with Gasteiger partial charge in [-0.05, 0) is 24.6 Å². The molecule has 2 N–H and O–H groups in total. The molecule has 1 aromatic rings. The quantitative estimate of drug-likeness (QED) is 0.801. The van der Waals surface area contributed by atoms with Crippen LogP contribution in [-0.2, 0) is 14.8 Å². The second kappa shape index (κ2) is 5.79. The Morgan fingerprint density at radius 3 is 2.65 bits per heavy atom. The lowest BCUT2D eigenvalue weighted by Gasteiger charge is -2.06. The van der Waals surface area contributed by atoms with Gasteiger partial charge < -0.3 is 5.32 Å². The SMILES string of the molecule is CNC(=O)CCNS(=O)(=O)c1cccc(C)c1. The summed E-state index contributed by atoms with van der Waals surface area (Å²) in [5.41, 5.74) is 0.874. The van der Waals surface area contributed by atoms with Gasteiger partial charge in [-0.1, -0.05) is 12.1 Å². The van der Waals surface area contributed by atoms with Crippen molar-refractivity contribution < 1.29 is 13.2 Å². The number of amides is 1. The van der Waals surface area contributed by atoms with Crippen LogP contribution in [0, 0.1) is 6.92 Å². The molecule has 0 saturated carbocycles. The molecule has 1 aromatic carbocycles. The van der Waals surface area contributed by atoms with Gasteiger partial charge in [0.15, 0.2) is 0 Å². The molecule has 5 nitrogen and oxygen atoms in total. The summed E-state index contributed by atoms with van der Waals surface area (Å²) in [4.78, 5) is 11.2. The zero-order valence-corrected chi connectivity index (χ0v) is 10.7. The summed E-state index contributed by atoms with van der Waals surface area (Å²) in [7, 11) is -2.01. The van der Waals surface area contributed by atoms with Crippen LogP contribution in [0.3, 0.4) is 0 Å². The normalized spacial score (nSPS) is 11.2. The van der Waals surface area contributed by atoms with Crippen molar-refractivity contribution in [2.45, 2.75) is 18.2 Å². The molecule has 0 aliphatic heterocycles. The van der Waals surface area contributed by atoms with Crippen LogP contribution < -0.4 is 10.0 Å². The van der Waals surface area contributed by atoms with Gasteiger partial charge in [-0.3, -0.25) is 4.79 Å². The third-order valence-electron chi connectivity index (χ3n) is 2.22. The molecule has 1 rings (SSSR count). The van der Waals surface area contributed by atoms with E-state index in [0.717, 1.165) is 5.56 Å². The lowest BCUT2D eigenvalue weighted by atomic mass is 10.2. The summed E-state index contributed by atoms with van der Waals surface area (Å²) < 4.78 is 26.0. The van der Waals surface area contributed by atoms with Gasteiger partial charge in [-0.25, -0.2) is 13.1 Å². The average Bonchev–Trinajstić information content (AvgIpc) is 2.28. The second-order valence-electron chi connectivity index (χ2n) is 3.64. The Balaban J connectivity index is 2.66. The van der Waals surface area contributed by atoms with Crippen LogP contribution in [0.1, 0.15) is 12.0 Å². The molecule has 0 aliphatic carbocycles. The summed E-state index contributed by atoms with van der Waals surface area (Å²) >= 11 is 0. The van der Waals surface area contributed by atoms with Crippen LogP contribution in [0.5, 0.6) is 0 Å². The number of aryl methyl sites for hydroxylation is 1. The summed E-state index contributed by atoms with van der Waals surface area (Å²) in [5.74, 6) is -0.197. The molecule has 0 bridgehead atoms. The monoisotopic (exact) mass is 256 g/mol. The van der Waals surface area contributed by atoms with Gasteiger partial charge in [0.1, 0.15) is 0 Å². The highest BCUT2D eigenvalue weighted by Crippen LogP contribution is 2.10. The molecular formula is C11H16N2O3S. The van der Waals surface area contributed by atoms with E-state index >= 15 is 0 Å². The summed E-state index contributed by atoms with van der Waals surface area (Å²) in [5, 5.41) is 2.43. The fraction of sp³-hybridized carbons (Fsp3) is 0.364. The van der Waals surface area contributed by atoms with Crippen LogP contribution in [-0.4, -0.2) is 27.9 Å². The minimum atomic E-state index is -3.52. The molecule has 0 aromatic heterocycles. The standard InChI is InChI=1S/C11H16N2O3S/c1-9-4-3-5-10(8-9)17(15,16)13-7-6-11(14)12-2/h3-5,8,13H,6-7H2,1-2H3,(H,12,14). The predicted octanol–water partition coefficient (Wildman–Crippen LogP) is 0.409. The van der Waals surface area contributed by atoms with Gasteiger partial charge >= 0.3 is 0 Å². The zero-order valence-electron chi connectivity index (χ0n) is 9.86. The largest absolute Gasteiger partial charge is 0.359 e. The minimum absolute atomic E-state index is 0.0932. The van der Waals surface area contributed by atoms with Crippen molar-refractivity contribution in [3.8, 4) is 0 Å². The molecular weight excluding hydrogens is 240 g/mol. The molecule has 0 heterocycles. The Kier molecular flexibility index (Phi) is 4.65. The summed E-state index contributed by atoms with van der Waals surface area (Å²) in [6.45, 7) is 1.92. The van der Waals surface area contributed by atoms with E-state index in [2.05, 4.69) is 10.0 Å². The van der Waals surface area contributed by atoms with E-state index in [4.69, 9.17) is 0 Å². The van der Waals surface area contributed by atoms with E-state index in [1.54, 1.807) is 12.1 Å². The third kappa shape index (κ3) is 4.16. The first kappa shape index (κ1) is 13.7. The summed E-state index contributed by atoms with van der Waals surface area (Å²) in [6.07, 6.45) is 0.127. The minimum Gasteiger partial charge on any atom is -0.359 e. The highest BCUT2D eigenvalue weighted by Gasteiger charge is 2.13. The van der Waals surface area contributed by atoms with Crippen LogP contribution >= 0.6 is 0 Å². The van der Waals surface area contributed by atoms with Crippen LogP contribution in [0.2, 0.25) is 0 Å². The van der Waals surface area contributed by atoms with E-state index < -0.39 is 10.0 Å². The van der Waals surface area contributed by atoms with Gasteiger partial charge in [-0.2, -0.15) is 0 Å². The molecule has 0 atom stereocenters. The lowest BCUT2D eigenvalue weighted by molar-refractivity contribution is -0.120. The van der Waals surface area contributed by atoms with Crippen molar-refractivity contribution in [2.24, 2.45) is 0 Å². The Bertz CT molecular complexity index is 497. The van der Waals surface area contributed by atoms with Crippen molar-refractivity contribution in [2.75, 3.05) is 13.6 Å². The van der Waals surface area contributed by atoms with Crippen molar-refractivity contribution in [3.63, 3.8) is 0 Å². The van der Waals surface area contributed by atoms with E-state index in [0.29, 0.717) is 0 Å². The zero-order chi connectivity index (χ0) is 12.9. The molecule has 0 spiro atoms. The van der Waals surface area contributed by atoms with Gasteiger partial charge in [0.2, 0.25) is 15.9 Å². The van der Waals surface area contributed by atoms with Gasteiger partial charge in [0.05, 0.1) is 4.90 Å². The number of hydrogen-bond acceptors (Lipinski definition) is 3. The number of carbonyl (C=O) groups excluding carboxylic acids is 1. The van der Waals surface area contributed by atoms with Crippen molar-refractivity contribution >= 4 is 15.9 Å². The third-order valence-corrected chi connectivity index (χ3v) is 3.68. The lowest BCUT2D eigenvalue weighted by Crippen LogP contribution is -2.29. The maximum Gasteiger partial charge on any atom is 0.240 e. The van der Waals surface area contributed by atoms with Crippen LogP contribution in [0.4, 0.5) is 0 Å². The first-order chi connectivity index (χ1) is 7.95. The van der Waals surface area contributed by atoms with E-state index in [1.807, 2.05) is 13.0 Å². The number of carbonyl (C=O) groups is 1. The smallest absolute Gasteiger partial charge is 0.240 e. The van der Waals surface area contributed by atoms with Crippen LogP contribution in [0.25, 0.3) is 0 Å². The number of benzene rings is 1.